The van der Waals surface area contributed by atoms with Crippen molar-refractivity contribution in [1.82, 2.24) is 0 Å². The third-order valence-corrected chi connectivity index (χ3v) is 10.5. The first kappa shape index (κ1) is 53.6. The maximum absolute atomic E-state index is 12.6. The lowest BCUT2D eigenvalue weighted by atomic mass is 10.1. The summed E-state index contributed by atoms with van der Waals surface area (Å²) in [7, 11) is -4.64. The van der Waals surface area contributed by atoms with E-state index in [1.54, 1.807) is 0 Å². The fourth-order valence-corrected chi connectivity index (χ4v) is 6.77. The van der Waals surface area contributed by atoms with Gasteiger partial charge in [-0.25, -0.2) is 4.57 Å². The summed E-state index contributed by atoms with van der Waals surface area (Å²) in [6, 6.07) is 0. The van der Waals surface area contributed by atoms with Crippen molar-refractivity contribution < 1.29 is 52.5 Å². The lowest BCUT2D eigenvalue weighted by Crippen LogP contribution is -2.29. The fourth-order valence-electron chi connectivity index (χ4n) is 5.98. The highest BCUT2D eigenvalue weighted by atomic mass is 31.2. The molecule has 0 aromatic carbocycles. The molecule has 334 valence electrons. The second kappa shape index (κ2) is 37.6. The Morgan fingerprint density at radius 1 is 0.621 bits per heavy atom. The van der Waals surface area contributed by atoms with Gasteiger partial charge < -0.3 is 29.3 Å². The van der Waals surface area contributed by atoms with Gasteiger partial charge in [-0.15, -0.1) is 0 Å². The lowest BCUT2D eigenvalue weighted by Gasteiger charge is -2.20. The maximum atomic E-state index is 12.6. The van der Waals surface area contributed by atoms with Crippen molar-refractivity contribution in [3.05, 3.63) is 60.8 Å². The first-order valence-corrected chi connectivity index (χ1v) is 23.9. The second-order valence-corrected chi connectivity index (χ2v) is 16.6. The van der Waals surface area contributed by atoms with Crippen LogP contribution in [-0.4, -0.2) is 77.9 Å². The molecule has 0 aliphatic carbocycles. The summed E-state index contributed by atoms with van der Waals surface area (Å²) in [5.41, 5.74) is 0. The monoisotopic (exact) mass is 839 g/mol. The highest BCUT2D eigenvalue weighted by molar-refractivity contribution is 7.47. The van der Waals surface area contributed by atoms with E-state index in [0.29, 0.717) is 25.0 Å². The second-order valence-electron chi connectivity index (χ2n) is 15.1. The molecule has 0 amide bonds. The normalized spacial score (nSPS) is 17.9. The molecule has 0 radical (unpaired) electrons. The predicted octanol–water partition coefficient (Wildman–Crippen LogP) is 10.9. The third-order valence-electron chi connectivity index (χ3n) is 9.57. The Bertz CT molecular complexity index is 1210. The molecule has 0 spiro atoms. The van der Waals surface area contributed by atoms with Gasteiger partial charge >= 0.3 is 19.8 Å². The van der Waals surface area contributed by atoms with Crippen LogP contribution in [0.25, 0.3) is 0 Å². The summed E-state index contributed by atoms with van der Waals surface area (Å²) in [6.45, 7) is 2.25. The molecule has 11 nitrogen and oxygen atoms in total. The number of esters is 2. The molecule has 0 saturated carbocycles. The molecular formula is C46H79O11P. The Kier molecular flexibility index (Phi) is 34.8. The Hall–Kier alpha value is -2.37. The van der Waals surface area contributed by atoms with Gasteiger partial charge in [-0.2, -0.15) is 0 Å². The van der Waals surface area contributed by atoms with Crippen molar-refractivity contribution in [2.24, 2.45) is 0 Å². The average Bonchev–Trinajstić information content (AvgIpc) is 3.97. The van der Waals surface area contributed by atoms with E-state index in [-0.39, 0.29) is 19.4 Å². The van der Waals surface area contributed by atoms with Gasteiger partial charge in [0, 0.05) is 12.8 Å². The van der Waals surface area contributed by atoms with E-state index in [2.05, 4.69) is 79.1 Å². The van der Waals surface area contributed by atoms with Crippen LogP contribution >= 0.6 is 7.82 Å². The summed E-state index contributed by atoms with van der Waals surface area (Å²) < 4.78 is 38.4. The first-order valence-electron chi connectivity index (χ1n) is 22.4. The van der Waals surface area contributed by atoms with Gasteiger partial charge in [0.15, 0.2) is 6.10 Å². The minimum atomic E-state index is -4.64. The number of carbonyl (C=O) groups excluding carboxylic acids is 2. The van der Waals surface area contributed by atoms with E-state index in [4.69, 9.17) is 23.8 Å². The van der Waals surface area contributed by atoms with Gasteiger partial charge in [0.25, 0.3) is 0 Å². The summed E-state index contributed by atoms with van der Waals surface area (Å²) >= 11 is 0. The summed E-state index contributed by atoms with van der Waals surface area (Å²) in [6.07, 6.45) is 43.5. The number of carbonyl (C=O) groups is 2. The van der Waals surface area contributed by atoms with Gasteiger partial charge in [0.05, 0.1) is 32.0 Å². The number of allylic oxidation sites excluding steroid dienone is 9. The number of phosphoric acid groups is 1. The molecule has 1 saturated heterocycles. The third kappa shape index (κ3) is 34.5. The SMILES string of the molecule is CCCCC/C=C\C/C=C\C/C=C\C/C=C\CCCCCC(=O)O[C@H](COC(=O)CCCCCCC/C=C\CC1OC1CCCCC)COP(=O)(O)OC[C@@H](O)CO. The molecule has 1 rings (SSSR count). The van der Waals surface area contributed by atoms with E-state index in [1.165, 1.54) is 51.4 Å². The van der Waals surface area contributed by atoms with E-state index in [1.807, 2.05) is 0 Å². The fraction of sp³-hybridized carbons (Fsp3) is 0.739. The zero-order valence-corrected chi connectivity index (χ0v) is 36.8. The molecule has 3 unspecified atom stereocenters. The number of hydrogen-bond acceptors (Lipinski definition) is 10. The predicted molar refractivity (Wildman–Crippen MR) is 232 cm³/mol. The quantitative estimate of drug-likeness (QED) is 0.0177. The standard InChI is InChI=1S/C46H79O11P/c1-3-5-7-8-9-10-11-12-13-14-15-16-17-18-19-20-25-28-32-36-46(50)56-42(40-55-58(51,52)54-38-41(48)37-47)39-53-45(49)35-31-27-24-22-21-23-26-30-34-44-43(57-44)33-29-6-4-2/h9-10,12-13,15-16,18-19,26,30,41-44,47-48H,3-8,11,14,17,20-25,27-29,31-40H2,1-2H3,(H,51,52)/b10-9-,13-12-,16-15-,19-18-,30-26-/t41-,42+,43?,44?/m0/s1. The Balaban J connectivity index is 2.27. The zero-order chi connectivity index (χ0) is 42.4. The van der Waals surface area contributed by atoms with Crippen molar-refractivity contribution in [1.29, 1.82) is 0 Å². The van der Waals surface area contributed by atoms with Gasteiger partial charge in [-0.1, -0.05) is 132 Å². The molecule has 1 aliphatic rings. The van der Waals surface area contributed by atoms with E-state index in [9.17, 15) is 24.2 Å². The molecule has 0 bridgehead atoms. The topological polar surface area (TPSA) is 161 Å². The van der Waals surface area contributed by atoms with Crippen LogP contribution in [0.5, 0.6) is 0 Å². The summed E-state index contributed by atoms with van der Waals surface area (Å²) in [5.74, 6) is -0.986. The molecule has 0 aromatic rings. The van der Waals surface area contributed by atoms with Crippen LogP contribution in [0.2, 0.25) is 0 Å². The summed E-state index contributed by atoms with van der Waals surface area (Å²) in [4.78, 5) is 35.0. The van der Waals surface area contributed by atoms with Gasteiger partial charge in [0.2, 0.25) is 0 Å². The van der Waals surface area contributed by atoms with Crippen molar-refractivity contribution in [3.8, 4) is 0 Å². The van der Waals surface area contributed by atoms with Gasteiger partial charge in [0.1, 0.15) is 12.7 Å². The molecule has 1 heterocycles. The van der Waals surface area contributed by atoms with Crippen molar-refractivity contribution in [3.63, 3.8) is 0 Å². The molecular weight excluding hydrogens is 759 g/mol. The minimum Gasteiger partial charge on any atom is -0.462 e. The number of ether oxygens (including phenoxy) is 3. The van der Waals surface area contributed by atoms with Crippen LogP contribution in [-0.2, 0) is 37.4 Å². The van der Waals surface area contributed by atoms with Crippen LogP contribution in [0.1, 0.15) is 168 Å². The van der Waals surface area contributed by atoms with Crippen LogP contribution in [0.15, 0.2) is 60.8 Å². The molecule has 12 heteroatoms. The molecule has 1 fully saturated rings. The van der Waals surface area contributed by atoms with Crippen LogP contribution < -0.4 is 0 Å². The average molecular weight is 839 g/mol. The lowest BCUT2D eigenvalue weighted by molar-refractivity contribution is -0.161. The van der Waals surface area contributed by atoms with Crippen LogP contribution in [0, 0.1) is 0 Å². The van der Waals surface area contributed by atoms with E-state index < -0.39 is 51.8 Å². The van der Waals surface area contributed by atoms with Gasteiger partial charge in [-0.3, -0.25) is 18.6 Å². The highest BCUT2D eigenvalue weighted by Gasteiger charge is 2.36. The van der Waals surface area contributed by atoms with Crippen molar-refractivity contribution >= 4 is 19.8 Å². The number of rotatable bonds is 40. The largest absolute Gasteiger partial charge is 0.472 e. The number of aliphatic hydroxyl groups is 2. The molecule has 0 aromatic heterocycles. The van der Waals surface area contributed by atoms with Crippen LogP contribution in [0.4, 0.5) is 0 Å². The van der Waals surface area contributed by atoms with E-state index in [0.717, 1.165) is 77.0 Å². The molecule has 1 aliphatic heterocycles. The van der Waals surface area contributed by atoms with Gasteiger partial charge in [-0.05, 0) is 83.5 Å². The number of phosphoric ester groups is 1. The van der Waals surface area contributed by atoms with Crippen LogP contribution in [0.3, 0.4) is 0 Å². The van der Waals surface area contributed by atoms with Crippen molar-refractivity contribution in [2.75, 3.05) is 26.4 Å². The zero-order valence-electron chi connectivity index (χ0n) is 35.9. The maximum Gasteiger partial charge on any atom is 0.472 e. The Labute approximate surface area is 351 Å². The van der Waals surface area contributed by atoms with E-state index >= 15 is 0 Å². The molecule has 3 N–H and O–H groups in total. The molecule has 5 atom stereocenters. The first-order chi connectivity index (χ1) is 28.2. The smallest absolute Gasteiger partial charge is 0.462 e. The number of unbranched alkanes of at least 4 members (excludes halogenated alkanes) is 13. The summed E-state index contributed by atoms with van der Waals surface area (Å²) in [5, 5.41) is 18.3. The highest BCUT2D eigenvalue weighted by Crippen LogP contribution is 2.43. The number of aliphatic hydroxyl groups excluding tert-OH is 2. The Morgan fingerprint density at radius 3 is 1.74 bits per heavy atom. The Morgan fingerprint density at radius 2 is 1.12 bits per heavy atom. The number of hydrogen-bond donors (Lipinski definition) is 3. The molecule has 58 heavy (non-hydrogen) atoms. The van der Waals surface area contributed by atoms with Crippen molar-refractivity contribution in [2.45, 2.75) is 192 Å². The number of epoxide rings is 1. The minimum absolute atomic E-state index is 0.138.